The molecule has 0 aromatic carbocycles. The molecular formula is C11H14N4O3. The summed E-state index contributed by atoms with van der Waals surface area (Å²) < 4.78 is 4.64. The van der Waals surface area contributed by atoms with Gasteiger partial charge in [-0.15, -0.1) is 5.10 Å². The molecule has 1 atom stereocenters. The standard InChI is InChI=1S/C11H14N4O3/c1-6-7(2)13-14-11(12-6)15-5-8(4-9(15)16)10(17)18-3/h8H,4-5H2,1-3H3. The maximum Gasteiger partial charge on any atom is 0.311 e. The molecule has 1 amide bonds. The van der Waals surface area contributed by atoms with Crippen molar-refractivity contribution in [2.75, 3.05) is 18.6 Å². The summed E-state index contributed by atoms with van der Waals surface area (Å²) in [6.45, 7) is 3.84. The van der Waals surface area contributed by atoms with Gasteiger partial charge in [-0.25, -0.2) is 4.98 Å². The summed E-state index contributed by atoms with van der Waals surface area (Å²) in [6.07, 6.45) is 0.128. The molecule has 1 aromatic heterocycles. The van der Waals surface area contributed by atoms with E-state index in [0.717, 1.165) is 5.69 Å². The van der Waals surface area contributed by atoms with E-state index in [1.165, 1.54) is 12.0 Å². The zero-order valence-electron chi connectivity index (χ0n) is 10.5. The Morgan fingerprint density at radius 2 is 2.06 bits per heavy atom. The van der Waals surface area contributed by atoms with Gasteiger partial charge in [0.1, 0.15) is 0 Å². The zero-order valence-corrected chi connectivity index (χ0v) is 10.5. The Bertz CT molecular complexity index is 503. The third-order valence-corrected chi connectivity index (χ3v) is 2.98. The Kier molecular flexibility index (Phi) is 3.22. The Labute approximate surface area is 104 Å². The van der Waals surface area contributed by atoms with Crippen molar-refractivity contribution in [2.24, 2.45) is 5.92 Å². The van der Waals surface area contributed by atoms with Crippen LogP contribution in [0.5, 0.6) is 0 Å². The van der Waals surface area contributed by atoms with Crippen molar-refractivity contribution in [1.29, 1.82) is 0 Å². The quantitative estimate of drug-likeness (QED) is 0.687. The fourth-order valence-corrected chi connectivity index (χ4v) is 1.79. The Balaban J connectivity index is 2.21. The number of aromatic nitrogens is 3. The molecule has 0 radical (unpaired) electrons. The maximum atomic E-state index is 11.8. The lowest BCUT2D eigenvalue weighted by Crippen LogP contribution is -2.28. The van der Waals surface area contributed by atoms with Crippen molar-refractivity contribution in [1.82, 2.24) is 15.2 Å². The van der Waals surface area contributed by atoms with Gasteiger partial charge in [0.2, 0.25) is 5.91 Å². The van der Waals surface area contributed by atoms with Crippen molar-refractivity contribution < 1.29 is 14.3 Å². The van der Waals surface area contributed by atoms with Gasteiger partial charge in [0.05, 0.1) is 24.4 Å². The van der Waals surface area contributed by atoms with Crippen LogP contribution in [0.4, 0.5) is 5.95 Å². The van der Waals surface area contributed by atoms with Crippen LogP contribution in [-0.4, -0.2) is 40.7 Å². The minimum absolute atomic E-state index is 0.128. The second-order valence-electron chi connectivity index (χ2n) is 4.21. The fourth-order valence-electron chi connectivity index (χ4n) is 1.79. The molecule has 0 bridgehead atoms. The van der Waals surface area contributed by atoms with Crippen molar-refractivity contribution in [2.45, 2.75) is 20.3 Å². The van der Waals surface area contributed by atoms with E-state index in [0.29, 0.717) is 5.69 Å². The summed E-state index contributed by atoms with van der Waals surface area (Å²) in [7, 11) is 1.31. The normalized spacial score (nSPS) is 19.2. The molecule has 1 fully saturated rings. The molecule has 7 nitrogen and oxygen atoms in total. The molecule has 7 heteroatoms. The monoisotopic (exact) mass is 250 g/mol. The number of anilines is 1. The fraction of sp³-hybridized carbons (Fsp3) is 0.545. The third-order valence-electron chi connectivity index (χ3n) is 2.98. The van der Waals surface area contributed by atoms with Gasteiger partial charge in [0.15, 0.2) is 0 Å². The number of carbonyl (C=O) groups excluding carboxylic acids is 2. The minimum Gasteiger partial charge on any atom is -0.469 e. The van der Waals surface area contributed by atoms with E-state index in [1.54, 1.807) is 13.8 Å². The van der Waals surface area contributed by atoms with Gasteiger partial charge in [-0.1, -0.05) is 0 Å². The first kappa shape index (κ1) is 12.4. The first-order valence-electron chi connectivity index (χ1n) is 5.59. The number of esters is 1. The molecule has 2 rings (SSSR count). The van der Waals surface area contributed by atoms with E-state index in [9.17, 15) is 9.59 Å². The van der Waals surface area contributed by atoms with Crippen LogP contribution in [0.25, 0.3) is 0 Å². The molecule has 0 spiro atoms. The number of rotatable bonds is 2. The largest absolute Gasteiger partial charge is 0.469 e. The zero-order chi connectivity index (χ0) is 13.3. The van der Waals surface area contributed by atoms with Crippen molar-refractivity contribution in [3.63, 3.8) is 0 Å². The maximum absolute atomic E-state index is 11.8. The van der Waals surface area contributed by atoms with Gasteiger partial charge < -0.3 is 4.74 Å². The van der Waals surface area contributed by atoms with Crippen LogP contribution in [0.2, 0.25) is 0 Å². The van der Waals surface area contributed by atoms with E-state index >= 15 is 0 Å². The first-order chi connectivity index (χ1) is 8.52. The molecule has 1 aromatic rings. The highest BCUT2D eigenvalue weighted by Gasteiger charge is 2.37. The van der Waals surface area contributed by atoms with E-state index < -0.39 is 5.92 Å². The van der Waals surface area contributed by atoms with Crippen LogP contribution in [0.15, 0.2) is 0 Å². The second kappa shape index (κ2) is 4.67. The molecular weight excluding hydrogens is 236 g/mol. The molecule has 0 N–H and O–H groups in total. The summed E-state index contributed by atoms with van der Waals surface area (Å²) >= 11 is 0. The van der Waals surface area contributed by atoms with Gasteiger partial charge >= 0.3 is 5.97 Å². The Morgan fingerprint density at radius 1 is 1.33 bits per heavy atom. The van der Waals surface area contributed by atoms with Crippen LogP contribution < -0.4 is 4.90 Å². The summed E-state index contributed by atoms with van der Waals surface area (Å²) in [5.41, 5.74) is 1.43. The van der Waals surface area contributed by atoms with E-state index in [1.807, 2.05) is 0 Å². The molecule has 96 valence electrons. The molecule has 0 aliphatic carbocycles. The molecule has 1 aliphatic rings. The number of hydrogen-bond donors (Lipinski definition) is 0. The SMILES string of the molecule is COC(=O)C1CC(=O)N(c2nnc(C)c(C)n2)C1. The highest BCUT2D eigenvalue weighted by molar-refractivity contribution is 5.98. The van der Waals surface area contributed by atoms with Gasteiger partial charge in [0.25, 0.3) is 5.95 Å². The second-order valence-corrected chi connectivity index (χ2v) is 4.21. The van der Waals surface area contributed by atoms with Crippen LogP contribution in [0.1, 0.15) is 17.8 Å². The van der Waals surface area contributed by atoms with Crippen molar-refractivity contribution in [3.05, 3.63) is 11.4 Å². The number of hydrogen-bond acceptors (Lipinski definition) is 6. The predicted molar refractivity (Wildman–Crippen MR) is 61.8 cm³/mol. The smallest absolute Gasteiger partial charge is 0.311 e. The number of carbonyl (C=O) groups is 2. The number of aryl methyl sites for hydroxylation is 2. The van der Waals surface area contributed by atoms with Gasteiger partial charge in [-0.3, -0.25) is 14.5 Å². The minimum atomic E-state index is -0.451. The summed E-state index contributed by atoms with van der Waals surface area (Å²) in [5, 5.41) is 7.81. The van der Waals surface area contributed by atoms with Gasteiger partial charge in [0, 0.05) is 13.0 Å². The lowest BCUT2D eigenvalue weighted by atomic mass is 10.1. The van der Waals surface area contributed by atoms with Crippen molar-refractivity contribution in [3.8, 4) is 0 Å². The van der Waals surface area contributed by atoms with Crippen molar-refractivity contribution >= 4 is 17.8 Å². The number of amides is 1. The van der Waals surface area contributed by atoms with Crippen LogP contribution in [0.3, 0.4) is 0 Å². The van der Waals surface area contributed by atoms with E-state index in [2.05, 4.69) is 19.9 Å². The van der Waals surface area contributed by atoms with Crippen LogP contribution >= 0.6 is 0 Å². The molecule has 2 heterocycles. The summed E-state index contributed by atoms with van der Waals surface area (Å²) in [4.78, 5) is 28.8. The lowest BCUT2D eigenvalue weighted by Gasteiger charge is -2.13. The number of ether oxygens (including phenoxy) is 1. The molecule has 1 saturated heterocycles. The molecule has 0 saturated carbocycles. The first-order valence-corrected chi connectivity index (χ1v) is 5.59. The number of methoxy groups -OCH3 is 1. The summed E-state index contributed by atoms with van der Waals surface area (Å²) in [5.74, 6) is -0.777. The molecule has 1 unspecified atom stereocenters. The van der Waals surface area contributed by atoms with Gasteiger partial charge in [-0.2, -0.15) is 5.10 Å². The predicted octanol–water partition coefficient (Wildman–Crippen LogP) is 0.0143. The summed E-state index contributed by atoms with van der Waals surface area (Å²) in [6, 6.07) is 0. The highest BCUT2D eigenvalue weighted by atomic mass is 16.5. The third kappa shape index (κ3) is 2.15. The average Bonchev–Trinajstić information content (AvgIpc) is 2.74. The molecule has 1 aliphatic heterocycles. The topological polar surface area (TPSA) is 85.3 Å². The van der Waals surface area contributed by atoms with E-state index in [-0.39, 0.29) is 30.8 Å². The average molecular weight is 250 g/mol. The lowest BCUT2D eigenvalue weighted by molar-refractivity contribution is -0.145. The van der Waals surface area contributed by atoms with Crippen LogP contribution in [-0.2, 0) is 14.3 Å². The Morgan fingerprint density at radius 3 is 2.67 bits per heavy atom. The van der Waals surface area contributed by atoms with Crippen LogP contribution in [0, 0.1) is 19.8 Å². The highest BCUT2D eigenvalue weighted by Crippen LogP contribution is 2.22. The molecule has 18 heavy (non-hydrogen) atoms. The van der Waals surface area contributed by atoms with Gasteiger partial charge in [-0.05, 0) is 13.8 Å². The number of nitrogens with zero attached hydrogens (tertiary/aromatic N) is 4. The van der Waals surface area contributed by atoms with E-state index in [4.69, 9.17) is 0 Å². The Hall–Kier alpha value is -2.05.